The second-order valence-corrected chi connectivity index (χ2v) is 6.50. The summed E-state index contributed by atoms with van der Waals surface area (Å²) in [5.41, 5.74) is 7.44. The summed E-state index contributed by atoms with van der Waals surface area (Å²) in [4.78, 5) is 0. The summed E-state index contributed by atoms with van der Waals surface area (Å²) in [5, 5.41) is 8.45. The molecule has 0 atom stereocenters. The fourth-order valence-corrected chi connectivity index (χ4v) is 2.67. The van der Waals surface area contributed by atoms with Crippen molar-refractivity contribution in [1.29, 1.82) is 0 Å². The van der Waals surface area contributed by atoms with E-state index in [-0.39, 0.29) is 5.82 Å². The maximum Gasteiger partial charge on any atom is 0.180 e. The van der Waals surface area contributed by atoms with Gasteiger partial charge in [-0.05, 0) is 52.9 Å². The van der Waals surface area contributed by atoms with Crippen molar-refractivity contribution in [1.82, 2.24) is 0 Å². The SMILES string of the molecule is NC1=NN=C(CCCCOCc2ccc(Br)c(F)c2)CS1. The van der Waals surface area contributed by atoms with Gasteiger partial charge in [0.15, 0.2) is 5.17 Å². The fourth-order valence-electron chi connectivity index (χ4n) is 1.81. The summed E-state index contributed by atoms with van der Waals surface area (Å²) < 4.78 is 19.3. The van der Waals surface area contributed by atoms with E-state index in [1.54, 1.807) is 6.07 Å². The van der Waals surface area contributed by atoms with Crippen LogP contribution >= 0.6 is 27.7 Å². The van der Waals surface area contributed by atoms with E-state index in [0.717, 1.165) is 36.3 Å². The second-order valence-electron chi connectivity index (χ2n) is 4.65. The predicted molar refractivity (Wildman–Crippen MR) is 89.1 cm³/mol. The summed E-state index contributed by atoms with van der Waals surface area (Å²) in [6.07, 6.45) is 2.87. The van der Waals surface area contributed by atoms with Crippen LogP contribution < -0.4 is 5.73 Å². The molecule has 0 amide bonds. The summed E-state index contributed by atoms with van der Waals surface area (Å²) in [5.74, 6) is 0.567. The zero-order valence-electron chi connectivity index (χ0n) is 11.5. The molecule has 21 heavy (non-hydrogen) atoms. The number of hydrogen-bond donors (Lipinski definition) is 1. The Morgan fingerprint density at radius 2 is 2.19 bits per heavy atom. The van der Waals surface area contributed by atoms with E-state index in [2.05, 4.69) is 26.1 Å². The molecule has 0 saturated carbocycles. The van der Waals surface area contributed by atoms with Gasteiger partial charge in [-0.15, -0.1) is 5.10 Å². The highest BCUT2D eigenvalue weighted by Gasteiger charge is 2.07. The summed E-state index contributed by atoms with van der Waals surface area (Å²) >= 11 is 4.65. The predicted octanol–water partition coefficient (Wildman–Crippen LogP) is 3.69. The van der Waals surface area contributed by atoms with Crippen molar-refractivity contribution in [2.24, 2.45) is 15.9 Å². The monoisotopic (exact) mass is 373 g/mol. The minimum absolute atomic E-state index is 0.260. The van der Waals surface area contributed by atoms with Gasteiger partial charge in [0.1, 0.15) is 5.82 Å². The van der Waals surface area contributed by atoms with Gasteiger partial charge in [0, 0.05) is 12.4 Å². The highest BCUT2D eigenvalue weighted by Crippen LogP contribution is 2.17. The quantitative estimate of drug-likeness (QED) is 0.741. The van der Waals surface area contributed by atoms with E-state index in [9.17, 15) is 4.39 Å². The first-order chi connectivity index (χ1) is 10.1. The molecule has 0 saturated heterocycles. The van der Waals surface area contributed by atoms with Gasteiger partial charge in [-0.2, -0.15) is 5.10 Å². The van der Waals surface area contributed by atoms with Crippen molar-refractivity contribution in [3.05, 3.63) is 34.1 Å². The van der Waals surface area contributed by atoms with Gasteiger partial charge in [0.05, 0.1) is 16.8 Å². The molecule has 1 aliphatic rings. The van der Waals surface area contributed by atoms with Crippen molar-refractivity contribution >= 4 is 38.6 Å². The molecule has 0 fully saturated rings. The molecule has 2 N–H and O–H groups in total. The van der Waals surface area contributed by atoms with Gasteiger partial charge in [0.25, 0.3) is 0 Å². The number of ether oxygens (including phenoxy) is 1. The van der Waals surface area contributed by atoms with Crippen LogP contribution in [0.15, 0.2) is 32.9 Å². The third-order valence-electron chi connectivity index (χ3n) is 2.93. The lowest BCUT2D eigenvalue weighted by molar-refractivity contribution is 0.117. The van der Waals surface area contributed by atoms with Crippen LogP contribution in [0.2, 0.25) is 0 Å². The molecule has 0 bridgehead atoms. The molecule has 0 spiro atoms. The molecule has 1 aromatic carbocycles. The van der Waals surface area contributed by atoms with Crippen LogP contribution in [0.3, 0.4) is 0 Å². The van der Waals surface area contributed by atoms with E-state index in [4.69, 9.17) is 10.5 Å². The number of nitrogens with zero attached hydrogens (tertiary/aromatic N) is 2. The van der Waals surface area contributed by atoms with Crippen molar-refractivity contribution < 1.29 is 9.13 Å². The average Bonchev–Trinajstić information content (AvgIpc) is 2.48. The first kappa shape index (κ1) is 16.5. The van der Waals surface area contributed by atoms with Gasteiger partial charge in [-0.1, -0.05) is 17.8 Å². The van der Waals surface area contributed by atoms with Crippen LogP contribution in [0.5, 0.6) is 0 Å². The molecule has 114 valence electrons. The molecule has 4 nitrogen and oxygen atoms in total. The van der Waals surface area contributed by atoms with Gasteiger partial charge in [-0.25, -0.2) is 4.39 Å². The molecule has 1 aromatic rings. The largest absolute Gasteiger partial charge is 0.377 e. The number of nitrogens with two attached hydrogens (primary N) is 1. The van der Waals surface area contributed by atoms with E-state index in [1.165, 1.54) is 17.8 Å². The Bertz CT molecular complexity index is 551. The standard InChI is InChI=1S/C14H17BrFN3OS/c15-12-5-4-10(7-13(12)16)8-20-6-2-1-3-11-9-21-14(17)19-18-11/h4-5,7H,1-3,6,8-9H2,(H2,17,19). The Kier molecular flexibility index (Phi) is 6.66. The number of unbranched alkanes of at least 4 members (excludes halogenated alkanes) is 1. The molecular formula is C14H17BrFN3OS. The van der Waals surface area contributed by atoms with Crippen molar-refractivity contribution in [2.75, 3.05) is 12.4 Å². The first-order valence-corrected chi connectivity index (χ1v) is 8.46. The van der Waals surface area contributed by atoms with E-state index in [0.29, 0.717) is 22.9 Å². The number of hydrogen-bond acceptors (Lipinski definition) is 5. The van der Waals surface area contributed by atoms with Crippen LogP contribution in [0.1, 0.15) is 24.8 Å². The van der Waals surface area contributed by atoms with E-state index < -0.39 is 0 Å². The van der Waals surface area contributed by atoms with Gasteiger partial charge >= 0.3 is 0 Å². The summed E-state index contributed by atoms with van der Waals surface area (Å²) in [6.45, 7) is 1.09. The average molecular weight is 374 g/mol. The van der Waals surface area contributed by atoms with E-state index in [1.807, 2.05) is 6.07 Å². The molecule has 1 heterocycles. The zero-order chi connectivity index (χ0) is 15.1. The smallest absolute Gasteiger partial charge is 0.180 e. The van der Waals surface area contributed by atoms with Gasteiger partial charge < -0.3 is 10.5 Å². The molecule has 1 aliphatic heterocycles. The molecule has 0 radical (unpaired) electrons. The van der Waals surface area contributed by atoms with Crippen LogP contribution in [0.4, 0.5) is 4.39 Å². The second kappa shape index (κ2) is 8.51. The maximum atomic E-state index is 13.3. The zero-order valence-corrected chi connectivity index (χ0v) is 13.9. The number of thioether (sulfide) groups is 1. The summed E-state index contributed by atoms with van der Waals surface area (Å²) in [6, 6.07) is 5.03. The molecular weight excluding hydrogens is 357 g/mol. The number of amidine groups is 1. The Labute approximate surface area is 136 Å². The Balaban J connectivity index is 1.59. The normalized spacial score (nSPS) is 14.8. The molecule has 0 aromatic heterocycles. The Morgan fingerprint density at radius 1 is 1.33 bits per heavy atom. The molecule has 0 aliphatic carbocycles. The van der Waals surface area contributed by atoms with Crippen LogP contribution in [-0.2, 0) is 11.3 Å². The molecule has 0 unspecified atom stereocenters. The van der Waals surface area contributed by atoms with Crippen LogP contribution in [0.25, 0.3) is 0 Å². The van der Waals surface area contributed by atoms with Gasteiger partial charge in [-0.3, -0.25) is 0 Å². The lowest BCUT2D eigenvalue weighted by Crippen LogP contribution is -2.15. The van der Waals surface area contributed by atoms with Crippen molar-refractivity contribution in [3.8, 4) is 0 Å². The third kappa shape index (κ3) is 5.76. The van der Waals surface area contributed by atoms with Crippen molar-refractivity contribution in [3.63, 3.8) is 0 Å². The highest BCUT2D eigenvalue weighted by atomic mass is 79.9. The number of benzene rings is 1. The van der Waals surface area contributed by atoms with Crippen molar-refractivity contribution in [2.45, 2.75) is 25.9 Å². The lowest BCUT2D eigenvalue weighted by Gasteiger charge is -2.09. The van der Waals surface area contributed by atoms with Crippen LogP contribution in [0, 0.1) is 5.82 Å². The maximum absolute atomic E-state index is 13.3. The third-order valence-corrected chi connectivity index (χ3v) is 4.43. The fraction of sp³-hybridized carbons (Fsp3) is 0.429. The Morgan fingerprint density at radius 3 is 2.90 bits per heavy atom. The summed E-state index contributed by atoms with van der Waals surface area (Å²) in [7, 11) is 0. The van der Waals surface area contributed by atoms with Crippen LogP contribution in [-0.4, -0.2) is 23.2 Å². The minimum atomic E-state index is -0.260. The Hall–Kier alpha value is -0.920. The lowest BCUT2D eigenvalue weighted by atomic mass is 10.2. The van der Waals surface area contributed by atoms with E-state index >= 15 is 0 Å². The number of rotatable bonds is 7. The molecule has 2 rings (SSSR count). The molecule has 7 heteroatoms. The number of halogens is 2. The first-order valence-electron chi connectivity index (χ1n) is 6.68. The van der Waals surface area contributed by atoms with Gasteiger partial charge in [0.2, 0.25) is 0 Å². The minimum Gasteiger partial charge on any atom is -0.377 e. The highest BCUT2D eigenvalue weighted by molar-refractivity contribution is 9.10. The topological polar surface area (TPSA) is 60.0 Å².